The third kappa shape index (κ3) is 3.26. The molecular formula is C14H14N2O2S. The SMILES string of the molecule is Cc1ccccc1CSc1cnc(N)cc1C(=O)O. The highest BCUT2D eigenvalue weighted by molar-refractivity contribution is 7.98. The molecule has 0 spiro atoms. The average molecular weight is 274 g/mol. The topological polar surface area (TPSA) is 76.2 Å². The van der Waals surface area contributed by atoms with Crippen LogP contribution in [-0.2, 0) is 5.75 Å². The minimum absolute atomic E-state index is 0.200. The van der Waals surface area contributed by atoms with Crippen molar-refractivity contribution in [3.05, 3.63) is 53.2 Å². The number of carbonyl (C=O) groups is 1. The fraction of sp³-hybridized carbons (Fsp3) is 0.143. The zero-order valence-electron chi connectivity index (χ0n) is 10.5. The minimum atomic E-state index is -0.985. The van der Waals surface area contributed by atoms with E-state index in [2.05, 4.69) is 4.98 Å². The van der Waals surface area contributed by atoms with Gasteiger partial charge in [0.05, 0.1) is 5.56 Å². The van der Waals surface area contributed by atoms with Crippen LogP contribution in [0.15, 0.2) is 41.4 Å². The number of aromatic carboxylic acids is 1. The molecule has 0 aliphatic carbocycles. The molecule has 1 aromatic heterocycles. The maximum atomic E-state index is 11.2. The lowest BCUT2D eigenvalue weighted by molar-refractivity contribution is 0.0693. The zero-order valence-corrected chi connectivity index (χ0v) is 11.3. The molecule has 98 valence electrons. The van der Waals surface area contributed by atoms with Crippen LogP contribution in [0.2, 0.25) is 0 Å². The Kier molecular flexibility index (Phi) is 4.06. The summed E-state index contributed by atoms with van der Waals surface area (Å²) >= 11 is 1.45. The van der Waals surface area contributed by atoms with Crippen LogP contribution >= 0.6 is 11.8 Å². The number of carboxylic acid groups (broad SMARTS) is 1. The number of benzene rings is 1. The van der Waals surface area contributed by atoms with Crippen LogP contribution < -0.4 is 5.73 Å². The number of pyridine rings is 1. The monoisotopic (exact) mass is 274 g/mol. The quantitative estimate of drug-likeness (QED) is 0.838. The first kappa shape index (κ1) is 13.4. The number of thioether (sulfide) groups is 1. The molecule has 0 saturated heterocycles. The summed E-state index contributed by atoms with van der Waals surface area (Å²) in [7, 11) is 0. The van der Waals surface area contributed by atoms with Gasteiger partial charge in [0.2, 0.25) is 0 Å². The molecule has 0 unspecified atom stereocenters. The number of hydrogen-bond donors (Lipinski definition) is 2. The lowest BCUT2D eigenvalue weighted by Gasteiger charge is -2.08. The van der Waals surface area contributed by atoms with E-state index in [0.29, 0.717) is 10.6 Å². The Morgan fingerprint density at radius 2 is 2.16 bits per heavy atom. The standard InChI is InChI=1S/C14H14N2O2S/c1-9-4-2-3-5-10(9)8-19-12-7-16-13(15)6-11(12)14(17)18/h2-7H,8H2,1H3,(H2,15,16)(H,17,18). The van der Waals surface area contributed by atoms with Gasteiger partial charge in [-0.2, -0.15) is 0 Å². The van der Waals surface area contributed by atoms with E-state index in [9.17, 15) is 4.79 Å². The van der Waals surface area contributed by atoms with Crippen molar-refractivity contribution in [3.63, 3.8) is 0 Å². The minimum Gasteiger partial charge on any atom is -0.478 e. The fourth-order valence-electron chi connectivity index (χ4n) is 1.67. The summed E-state index contributed by atoms with van der Waals surface area (Å²) in [5.41, 5.74) is 8.08. The Hall–Kier alpha value is -2.01. The average Bonchev–Trinajstić information content (AvgIpc) is 2.38. The third-order valence-corrected chi connectivity index (χ3v) is 3.86. The van der Waals surface area contributed by atoms with Gasteiger partial charge in [0.15, 0.2) is 0 Å². The van der Waals surface area contributed by atoms with Gasteiger partial charge in [0, 0.05) is 16.8 Å². The lowest BCUT2D eigenvalue weighted by Crippen LogP contribution is -2.02. The van der Waals surface area contributed by atoms with Crippen molar-refractivity contribution in [2.24, 2.45) is 0 Å². The van der Waals surface area contributed by atoms with Crippen molar-refractivity contribution in [2.45, 2.75) is 17.6 Å². The van der Waals surface area contributed by atoms with Crippen LogP contribution in [0, 0.1) is 6.92 Å². The Bertz CT molecular complexity index is 614. The molecule has 0 aliphatic rings. The lowest BCUT2D eigenvalue weighted by atomic mass is 10.1. The fourth-order valence-corrected chi connectivity index (χ4v) is 2.73. The largest absolute Gasteiger partial charge is 0.478 e. The Morgan fingerprint density at radius 1 is 1.42 bits per heavy atom. The van der Waals surface area contributed by atoms with E-state index in [1.165, 1.54) is 35.2 Å². The van der Waals surface area contributed by atoms with Gasteiger partial charge in [0.25, 0.3) is 0 Å². The van der Waals surface area contributed by atoms with Gasteiger partial charge >= 0.3 is 5.97 Å². The van der Waals surface area contributed by atoms with E-state index in [4.69, 9.17) is 10.8 Å². The van der Waals surface area contributed by atoms with E-state index in [1.54, 1.807) is 0 Å². The summed E-state index contributed by atoms with van der Waals surface area (Å²) in [6, 6.07) is 9.42. The van der Waals surface area contributed by atoms with Crippen LogP contribution in [0.3, 0.4) is 0 Å². The predicted molar refractivity (Wildman–Crippen MR) is 76.3 cm³/mol. The number of aromatic nitrogens is 1. The van der Waals surface area contributed by atoms with Crippen molar-refractivity contribution >= 4 is 23.5 Å². The summed E-state index contributed by atoms with van der Waals surface area (Å²) in [4.78, 5) is 15.7. The molecular weight excluding hydrogens is 260 g/mol. The summed E-state index contributed by atoms with van der Waals surface area (Å²) < 4.78 is 0. The Morgan fingerprint density at radius 3 is 2.84 bits per heavy atom. The highest BCUT2D eigenvalue weighted by Gasteiger charge is 2.12. The normalized spacial score (nSPS) is 10.4. The molecule has 0 aliphatic heterocycles. The van der Waals surface area contributed by atoms with Gasteiger partial charge in [-0.1, -0.05) is 24.3 Å². The Labute approximate surface area is 115 Å². The highest BCUT2D eigenvalue weighted by atomic mass is 32.2. The number of nitrogens with zero attached hydrogens (tertiary/aromatic N) is 1. The highest BCUT2D eigenvalue weighted by Crippen LogP contribution is 2.27. The first-order chi connectivity index (χ1) is 9.08. The van der Waals surface area contributed by atoms with Gasteiger partial charge in [-0.3, -0.25) is 0 Å². The van der Waals surface area contributed by atoms with E-state index < -0.39 is 5.97 Å². The molecule has 2 rings (SSSR count). The van der Waals surface area contributed by atoms with Crippen LogP contribution in [0.1, 0.15) is 21.5 Å². The molecule has 3 N–H and O–H groups in total. The van der Waals surface area contributed by atoms with Crippen LogP contribution in [0.4, 0.5) is 5.82 Å². The second-order valence-corrected chi connectivity index (χ2v) is 5.14. The van der Waals surface area contributed by atoms with Gasteiger partial charge in [-0.15, -0.1) is 11.8 Å². The van der Waals surface area contributed by atoms with Gasteiger partial charge in [-0.05, 0) is 24.1 Å². The van der Waals surface area contributed by atoms with E-state index >= 15 is 0 Å². The molecule has 1 aromatic carbocycles. The number of nitrogens with two attached hydrogens (primary N) is 1. The van der Waals surface area contributed by atoms with Gasteiger partial charge in [-0.25, -0.2) is 9.78 Å². The second-order valence-electron chi connectivity index (χ2n) is 4.13. The number of rotatable bonds is 4. The van der Waals surface area contributed by atoms with Crippen molar-refractivity contribution in [1.82, 2.24) is 4.98 Å². The maximum Gasteiger partial charge on any atom is 0.337 e. The molecule has 0 bridgehead atoms. The maximum absolute atomic E-state index is 11.2. The number of nitrogen functional groups attached to an aromatic ring is 1. The first-order valence-electron chi connectivity index (χ1n) is 5.74. The zero-order chi connectivity index (χ0) is 13.8. The summed E-state index contributed by atoms with van der Waals surface area (Å²) in [5.74, 6) is -0.0579. The van der Waals surface area contributed by atoms with E-state index in [-0.39, 0.29) is 11.4 Å². The van der Waals surface area contributed by atoms with Crippen molar-refractivity contribution in [2.75, 3.05) is 5.73 Å². The number of aryl methyl sites for hydroxylation is 1. The van der Waals surface area contributed by atoms with Crippen LogP contribution in [-0.4, -0.2) is 16.1 Å². The first-order valence-corrected chi connectivity index (χ1v) is 6.72. The van der Waals surface area contributed by atoms with Crippen molar-refractivity contribution in [3.8, 4) is 0 Å². The number of anilines is 1. The summed E-state index contributed by atoms with van der Waals surface area (Å²) in [6.07, 6.45) is 1.52. The third-order valence-electron chi connectivity index (χ3n) is 2.76. The van der Waals surface area contributed by atoms with Gasteiger partial charge < -0.3 is 10.8 Å². The molecule has 0 atom stereocenters. The van der Waals surface area contributed by atoms with Gasteiger partial charge in [0.1, 0.15) is 5.82 Å². The van der Waals surface area contributed by atoms with Crippen molar-refractivity contribution < 1.29 is 9.90 Å². The predicted octanol–water partition coefficient (Wildman–Crippen LogP) is 2.96. The Balaban J connectivity index is 2.20. The molecule has 5 heteroatoms. The molecule has 0 amide bonds. The molecule has 2 aromatic rings. The van der Waals surface area contributed by atoms with E-state index in [0.717, 1.165) is 0 Å². The van der Waals surface area contributed by atoms with Crippen molar-refractivity contribution in [1.29, 1.82) is 0 Å². The molecule has 19 heavy (non-hydrogen) atoms. The van der Waals surface area contributed by atoms with Crippen LogP contribution in [0.25, 0.3) is 0 Å². The number of hydrogen-bond acceptors (Lipinski definition) is 4. The summed E-state index contributed by atoms with van der Waals surface area (Å²) in [6.45, 7) is 2.04. The molecule has 0 saturated carbocycles. The number of carboxylic acids is 1. The second kappa shape index (κ2) is 5.75. The molecule has 0 fully saturated rings. The molecule has 1 heterocycles. The molecule has 4 nitrogen and oxygen atoms in total. The van der Waals surface area contributed by atoms with Crippen LogP contribution in [0.5, 0.6) is 0 Å². The summed E-state index contributed by atoms with van der Waals surface area (Å²) in [5, 5.41) is 9.15. The smallest absolute Gasteiger partial charge is 0.337 e. The van der Waals surface area contributed by atoms with E-state index in [1.807, 2.05) is 31.2 Å². The molecule has 0 radical (unpaired) electrons.